The predicted octanol–water partition coefficient (Wildman–Crippen LogP) is 3.45. The van der Waals surface area contributed by atoms with Crippen molar-refractivity contribution in [3.05, 3.63) is 46.3 Å². The number of hydrogen-bond donors (Lipinski definition) is 1. The van der Waals surface area contributed by atoms with E-state index in [1.807, 2.05) is 0 Å². The number of fused-ring (bicyclic) bond motifs is 1. The standard InChI is InChI=1S/C12H7Cl2FN4/c13-6-3-10-11(17-5-6)19(12(16)18-10)7-1-2-8(14)9(15)4-7/h1-5H,(H2,16,18). The van der Waals surface area contributed by atoms with E-state index in [4.69, 9.17) is 28.9 Å². The summed E-state index contributed by atoms with van der Waals surface area (Å²) in [6, 6.07) is 6.01. The second-order valence-electron chi connectivity index (χ2n) is 3.90. The summed E-state index contributed by atoms with van der Waals surface area (Å²) in [4.78, 5) is 8.30. The van der Waals surface area contributed by atoms with Crippen molar-refractivity contribution in [1.82, 2.24) is 14.5 Å². The summed E-state index contributed by atoms with van der Waals surface area (Å²) >= 11 is 11.5. The van der Waals surface area contributed by atoms with Crippen molar-refractivity contribution in [2.45, 2.75) is 0 Å². The van der Waals surface area contributed by atoms with Gasteiger partial charge in [0.2, 0.25) is 5.95 Å². The molecule has 0 aliphatic rings. The van der Waals surface area contributed by atoms with E-state index < -0.39 is 5.82 Å². The summed E-state index contributed by atoms with van der Waals surface area (Å²) in [5, 5.41) is 0.502. The molecule has 0 atom stereocenters. The highest BCUT2D eigenvalue weighted by atomic mass is 35.5. The van der Waals surface area contributed by atoms with Crippen LogP contribution in [0.25, 0.3) is 16.9 Å². The largest absolute Gasteiger partial charge is 0.369 e. The lowest BCUT2D eigenvalue weighted by Crippen LogP contribution is -2.01. The molecule has 0 radical (unpaired) electrons. The van der Waals surface area contributed by atoms with Gasteiger partial charge in [0.1, 0.15) is 11.3 Å². The van der Waals surface area contributed by atoms with Crippen LogP contribution >= 0.6 is 23.2 Å². The lowest BCUT2D eigenvalue weighted by molar-refractivity contribution is 0.627. The molecule has 0 bridgehead atoms. The SMILES string of the molecule is Nc1nc2cc(Cl)cnc2n1-c1ccc(Cl)c(F)c1. The van der Waals surface area contributed by atoms with Crippen LogP contribution in [0.4, 0.5) is 10.3 Å². The quantitative estimate of drug-likeness (QED) is 0.748. The van der Waals surface area contributed by atoms with Crippen molar-refractivity contribution in [2.75, 3.05) is 5.73 Å². The first-order valence-electron chi connectivity index (χ1n) is 5.31. The van der Waals surface area contributed by atoms with Crippen LogP contribution < -0.4 is 5.73 Å². The Morgan fingerprint density at radius 1 is 1.21 bits per heavy atom. The van der Waals surface area contributed by atoms with E-state index in [2.05, 4.69) is 9.97 Å². The smallest absolute Gasteiger partial charge is 0.207 e. The molecule has 4 nitrogen and oxygen atoms in total. The molecule has 0 saturated carbocycles. The van der Waals surface area contributed by atoms with Crippen molar-refractivity contribution >= 4 is 40.3 Å². The van der Waals surface area contributed by atoms with Crippen molar-refractivity contribution in [3.8, 4) is 5.69 Å². The molecule has 1 aromatic carbocycles. The minimum absolute atomic E-state index is 0.0442. The van der Waals surface area contributed by atoms with Crippen molar-refractivity contribution < 1.29 is 4.39 Å². The number of pyridine rings is 1. The van der Waals surface area contributed by atoms with Crippen LogP contribution in [-0.2, 0) is 0 Å². The van der Waals surface area contributed by atoms with E-state index in [-0.39, 0.29) is 11.0 Å². The van der Waals surface area contributed by atoms with Gasteiger partial charge in [0.25, 0.3) is 0 Å². The monoisotopic (exact) mass is 296 g/mol. The molecule has 0 amide bonds. The fourth-order valence-electron chi connectivity index (χ4n) is 1.84. The maximum atomic E-state index is 13.5. The second-order valence-corrected chi connectivity index (χ2v) is 4.74. The average molecular weight is 297 g/mol. The molecule has 0 saturated heterocycles. The second kappa shape index (κ2) is 4.36. The molecule has 3 aromatic rings. The zero-order chi connectivity index (χ0) is 13.6. The number of aromatic nitrogens is 3. The van der Waals surface area contributed by atoms with Crippen LogP contribution in [0.1, 0.15) is 0 Å². The summed E-state index contributed by atoms with van der Waals surface area (Å²) in [7, 11) is 0. The van der Waals surface area contributed by atoms with Crippen molar-refractivity contribution in [2.24, 2.45) is 0 Å². The van der Waals surface area contributed by atoms with Gasteiger partial charge in [-0.3, -0.25) is 4.57 Å². The Morgan fingerprint density at radius 2 is 2.00 bits per heavy atom. The number of anilines is 1. The first kappa shape index (κ1) is 12.2. The lowest BCUT2D eigenvalue weighted by atomic mass is 10.3. The molecule has 19 heavy (non-hydrogen) atoms. The van der Waals surface area contributed by atoms with E-state index in [0.717, 1.165) is 0 Å². The van der Waals surface area contributed by atoms with Gasteiger partial charge >= 0.3 is 0 Å². The van der Waals surface area contributed by atoms with E-state index in [1.165, 1.54) is 22.9 Å². The van der Waals surface area contributed by atoms with Gasteiger partial charge in [-0.2, -0.15) is 0 Å². The van der Waals surface area contributed by atoms with E-state index in [1.54, 1.807) is 12.1 Å². The Kier molecular flexibility index (Phi) is 2.80. The summed E-state index contributed by atoms with van der Waals surface area (Å²) in [5.74, 6) is -0.333. The van der Waals surface area contributed by atoms with Gasteiger partial charge in [0.15, 0.2) is 5.65 Å². The third-order valence-corrected chi connectivity index (χ3v) is 3.16. The van der Waals surface area contributed by atoms with Crippen molar-refractivity contribution in [3.63, 3.8) is 0 Å². The number of halogens is 3. The third kappa shape index (κ3) is 2.01. The summed E-state index contributed by atoms with van der Waals surface area (Å²) < 4.78 is 15.1. The highest BCUT2D eigenvalue weighted by Crippen LogP contribution is 2.25. The Morgan fingerprint density at radius 3 is 2.74 bits per heavy atom. The number of rotatable bonds is 1. The molecular weight excluding hydrogens is 290 g/mol. The highest BCUT2D eigenvalue weighted by Gasteiger charge is 2.13. The van der Waals surface area contributed by atoms with E-state index >= 15 is 0 Å². The topological polar surface area (TPSA) is 56.7 Å². The normalized spacial score (nSPS) is 11.1. The van der Waals surface area contributed by atoms with Gasteiger partial charge in [-0.25, -0.2) is 14.4 Å². The molecule has 2 N–H and O–H groups in total. The van der Waals surface area contributed by atoms with Gasteiger partial charge < -0.3 is 5.73 Å². The Hall–Kier alpha value is -1.85. The lowest BCUT2D eigenvalue weighted by Gasteiger charge is -2.06. The molecule has 0 aliphatic heterocycles. The number of nitrogens with two attached hydrogens (primary N) is 1. The average Bonchev–Trinajstić information content (AvgIpc) is 2.68. The zero-order valence-corrected chi connectivity index (χ0v) is 11.0. The molecule has 3 rings (SSSR count). The predicted molar refractivity (Wildman–Crippen MR) is 73.3 cm³/mol. The van der Waals surface area contributed by atoms with Gasteiger partial charge in [0.05, 0.1) is 15.7 Å². The first-order valence-corrected chi connectivity index (χ1v) is 6.07. The summed E-state index contributed by atoms with van der Waals surface area (Å²) in [6.45, 7) is 0. The molecule has 7 heteroatoms. The fraction of sp³-hybridized carbons (Fsp3) is 0. The molecule has 96 valence electrons. The van der Waals surface area contributed by atoms with Gasteiger partial charge in [-0.15, -0.1) is 0 Å². The van der Waals surface area contributed by atoms with Crippen LogP contribution in [0.15, 0.2) is 30.5 Å². The van der Waals surface area contributed by atoms with Gasteiger partial charge in [0, 0.05) is 6.20 Å². The van der Waals surface area contributed by atoms with Crippen LogP contribution in [0.5, 0.6) is 0 Å². The van der Waals surface area contributed by atoms with Crippen LogP contribution in [0, 0.1) is 5.82 Å². The molecule has 0 spiro atoms. The zero-order valence-electron chi connectivity index (χ0n) is 9.44. The van der Waals surface area contributed by atoms with Crippen LogP contribution in [0.2, 0.25) is 10.0 Å². The number of hydrogen-bond acceptors (Lipinski definition) is 3. The van der Waals surface area contributed by atoms with E-state index in [9.17, 15) is 4.39 Å². The number of nitrogens with zero attached hydrogens (tertiary/aromatic N) is 3. The maximum absolute atomic E-state index is 13.5. The molecule has 0 unspecified atom stereocenters. The van der Waals surface area contributed by atoms with Crippen LogP contribution in [0.3, 0.4) is 0 Å². The fourth-order valence-corrected chi connectivity index (χ4v) is 2.11. The van der Waals surface area contributed by atoms with E-state index in [0.29, 0.717) is 21.9 Å². The molecule has 0 aliphatic carbocycles. The summed E-state index contributed by atoms with van der Waals surface area (Å²) in [6.07, 6.45) is 1.48. The van der Waals surface area contributed by atoms with Gasteiger partial charge in [-0.1, -0.05) is 23.2 Å². The summed E-state index contributed by atoms with van der Waals surface area (Å²) in [5.41, 5.74) is 7.38. The molecular formula is C12H7Cl2FN4. The molecule has 2 heterocycles. The minimum atomic E-state index is -0.533. The number of benzene rings is 1. The number of nitrogen functional groups attached to an aromatic ring is 1. The Bertz CT molecular complexity index is 785. The Labute approximate surface area is 117 Å². The first-order chi connectivity index (χ1) is 9.06. The van der Waals surface area contributed by atoms with Crippen LogP contribution in [-0.4, -0.2) is 14.5 Å². The third-order valence-electron chi connectivity index (χ3n) is 2.65. The number of imidazole rings is 1. The minimum Gasteiger partial charge on any atom is -0.369 e. The molecule has 2 aromatic heterocycles. The van der Waals surface area contributed by atoms with Crippen molar-refractivity contribution in [1.29, 1.82) is 0 Å². The maximum Gasteiger partial charge on any atom is 0.207 e. The Balaban J connectivity index is 2.29. The molecule has 0 fully saturated rings. The van der Waals surface area contributed by atoms with Gasteiger partial charge in [-0.05, 0) is 24.3 Å². The highest BCUT2D eigenvalue weighted by molar-refractivity contribution is 6.31.